The number of nitrogens with two attached hydrogens (primary N) is 2. The smallest absolute Gasteiger partial charge is 0.315 e. The number of alkyl halides is 1. The van der Waals surface area contributed by atoms with Crippen LogP contribution in [0.2, 0.25) is 0 Å². The first-order valence-electron chi connectivity index (χ1n) is 5.26. The van der Waals surface area contributed by atoms with Crippen LogP contribution in [0, 0.1) is 0 Å². The summed E-state index contributed by atoms with van der Waals surface area (Å²) >= 11 is 2.07. The molecule has 1 aliphatic heterocycles. The van der Waals surface area contributed by atoms with Gasteiger partial charge in [-0.1, -0.05) is 34.7 Å². The molecule has 1 aliphatic rings. The summed E-state index contributed by atoms with van der Waals surface area (Å²) in [6.45, 7) is 0.413. The predicted molar refractivity (Wildman–Crippen MR) is 73.5 cm³/mol. The first-order valence-corrected chi connectivity index (χ1v) is 6.51. The van der Waals surface area contributed by atoms with Crippen LogP contribution in [-0.2, 0) is 0 Å². The molecule has 3 amide bonds. The van der Waals surface area contributed by atoms with Crippen molar-refractivity contribution in [3.8, 4) is 5.75 Å². The zero-order chi connectivity index (χ0) is 13.3. The van der Waals surface area contributed by atoms with E-state index in [-0.39, 0.29) is 10.2 Å². The maximum Gasteiger partial charge on any atom is 0.315 e. The lowest BCUT2D eigenvalue weighted by Crippen LogP contribution is -2.62. The first kappa shape index (κ1) is 12.9. The topological polar surface area (TPSA) is 98.7 Å². The van der Waals surface area contributed by atoms with Crippen molar-refractivity contribution in [2.75, 3.05) is 6.54 Å². The summed E-state index contributed by atoms with van der Waals surface area (Å²) < 4.78 is 5.54. The van der Waals surface area contributed by atoms with Gasteiger partial charge in [0.25, 0.3) is 5.91 Å². The summed E-state index contributed by atoms with van der Waals surface area (Å²) in [5, 5.41) is 0. The van der Waals surface area contributed by atoms with Gasteiger partial charge in [-0.05, 0) is 12.1 Å². The van der Waals surface area contributed by atoms with E-state index in [1.54, 1.807) is 24.3 Å². The van der Waals surface area contributed by atoms with Gasteiger partial charge in [0.1, 0.15) is 15.9 Å². The number of primary amides is 2. The number of likely N-dealkylation sites (tertiary alicyclic amines) is 1. The minimum atomic E-state index is -0.540. The average molecular weight is 361 g/mol. The van der Waals surface area contributed by atoms with Gasteiger partial charge in [0, 0.05) is 0 Å². The van der Waals surface area contributed by atoms with Crippen molar-refractivity contribution < 1.29 is 14.3 Å². The Morgan fingerprint density at radius 3 is 2.56 bits per heavy atom. The number of hydrogen-bond acceptors (Lipinski definition) is 3. The number of rotatable bonds is 3. The summed E-state index contributed by atoms with van der Waals surface area (Å²) in [7, 11) is 0. The van der Waals surface area contributed by atoms with E-state index in [9.17, 15) is 9.59 Å². The van der Waals surface area contributed by atoms with Gasteiger partial charge in [-0.25, -0.2) is 4.79 Å². The third-order valence-corrected chi connectivity index (χ3v) is 4.17. The Bertz CT molecular complexity index is 494. The van der Waals surface area contributed by atoms with Crippen molar-refractivity contribution in [2.45, 2.75) is 10.2 Å². The molecule has 1 saturated heterocycles. The number of benzene rings is 1. The van der Waals surface area contributed by atoms with Gasteiger partial charge in [0.2, 0.25) is 0 Å². The van der Waals surface area contributed by atoms with Crippen molar-refractivity contribution in [1.29, 1.82) is 0 Å². The Labute approximate surface area is 117 Å². The second-order valence-electron chi connectivity index (χ2n) is 3.88. The number of carbonyl (C=O) groups is 2. The minimum absolute atomic E-state index is 0.138. The van der Waals surface area contributed by atoms with Gasteiger partial charge in [-0.2, -0.15) is 0 Å². The summed E-state index contributed by atoms with van der Waals surface area (Å²) in [4.78, 5) is 23.7. The van der Waals surface area contributed by atoms with Crippen molar-refractivity contribution in [2.24, 2.45) is 11.5 Å². The largest absolute Gasteiger partial charge is 0.485 e. The highest BCUT2D eigenvalue weighted by Crippen LogP contribution is 2.29. The van der Waals surface area contributed by atoms with Crippen LogP contribution in [-0.4, -0.2) is 33.5 Å². The molecule has 4 N–H and O–H groups in total. The minimum Gasteiger partial charge on any atom is -0.485 e. The average Bonchev–Trinajstić information content (AvgIpc) is 2.33. The lowest BCUT2D eigenvalue weighted by atomic mass is 10.1. The Hall–Kier alpha value is -1.51. The highest BCUT2D eigenvalue weighted by atomic mass is 127. The molecule has 2 unspecified atom stereocenters. The molecular weight excluding hydrogens is 349 g/mol. The van der Waals surface area contributed by atoms with Crippen LogP contribution in [0.1, 0.15) is 10.4 Å². The highest BCUT2D eigenvalue weighted by Gasteiger charge is 2.41. The third kappa shape index (κ3) is 2.35. The standard InChI is InChI=1S/C11H12IN3O3/c12-9-8(5-15(9)11(14)17)18-7-4-2-1-3-6(7)10(13)16/h1-4,8-9H,5H2,(H2,13,16)(H2,14,17). The number of amides is 3. The van der Waals surface area contributed by atoms with Crippen LogP contribution in [0.3, 0.4) is 0 Å². The van der Waals surface area contributed by atoms with E-state index in [0.717, 1.165) is 0 Å². The van der Waals surface area contributed by atoms with Crippen molar-refractivity contribution in [3.05, 3.63) is 29.8 Å². The number of carbonyl (C=O) groups excluding carboxylic acids is 2. The van der Waals surface area contributed by atoms with Crippen LogP contribution < -0.4 is 16.2 Å². The van der Waals surface area contributed by atoms with E-state index in [1.807, 2.05) is 0 Å². The number of urea groups is 1. The van der Waals surface area contributed by atoms with E-state index in [1.165, 1.54) is 4.90 Å². The summed E-state index contributed by atoms with van der Waals surface area (Å²) in [5.74, 6) is -0.109. The van der Waals surface area contributed by atoms with Gasteiger partial charge in [0.15, 0.2) is 0 Å². The van der Waals surface area contributed by atoms with Crippen LogP contribution in [0.15, 0.2) is 24.3 Å². The number of ether oxygens (including phenoxy) is 1. The van der Waals surface area contributed by atoms with Crippen molar-refractivity contribution in [1.82, 2.24) is 4.90 Å². The molecule has 18 heavy (non-hydrogen) atoms. The summed E-state index contributed by atoms with van der Waals surface area (Å²) in [5.41, 5.74) is 10.8. The van der Waals surface area contributed by atoms with Gasteiger partial charge in [0.05, 0.1) is 12.1 Å². The molecule has 0 aromatic heterocycles. The molecule has 7 heteroatoms. The molecule has 0 radical (unpaired) electrons. The van der Waals surface area contributed by atoms with Crippen LogP contribution >= 0.6 is 22.6 Å². The molecule has 1 aromatic carbocycles. The number of para-hydroxylation sites is 1. The zero-order valence-electron chi connectivity index (χ0n) is 9.38. The van der Waals surface area contributed by atoms with Crippen LogP contribution in [0.4, 0.5) is 4.79 Å². The maximum absolute atomic E-state index is 11.2. The van der Waals surface area contributed by atoms with Crippen LogP contribution in [0.25, 0.3) is 0 Å². The molecule has 0 bridgehead atoms. The fraction of sp³-hybridized carbons (Fsp3) is 0.273. The maximum atomic E-state index is 11.2. The summed E-state index contributed by atoms with van der Waals surface area (Å²) in [6.07, 6.45) is -0.182. The SMILES string of the molecule is NC(=O)c1ccccc1OC1CN(C(N)=O)C1I. The van der Waals surface area contributed by atoms with E-state index in [0.29, 0.717) is 17.9 Å². The number of halogens is 1. The van der Waals surface area contributed by atoms with Gasteiger partial charge in [-0.3, -0.25) is 4.79 Å². The second-order valence-corrected chi connectivity index (χ2v) is 5.16. The normalized spacial score (nSPS) is 22.2. The predicted octanol–water partition coefficient (Wildman–Crippen LogP) is 0.688. The number of nitrogens with zero attached hydrogens (tertiary/aromatic N) is 1. The number of hydrogen-bond donors (Lipinski definition) is 2. The van der Waals surface area contributed by atoms with Crippen molar-refractivity contribution >= 4 is 34.5 Å². The molecule has 2 atom stereocenters. The molecule has 1 fully saturated rings. The zero-order valence-corrected chi connectivity index (χ0v) is 11.5. The molecule has 6 nitrogen and oxygen atoms in total. The molecular formula is C11H12IN3O3. The second kappa shape index (κ2) is 5.01. The molecule has 0 aliphatic carbocycles. The monoisotopic (exact) mass is 361 g/mol. The fourth-order valence-corrected chi connectivity index (χ4v) is 2.56. The Kier molecular flexibility index (Phi) is 3.60. The van der Waals surface area contributed by atoms with Crippen molar-refractivity contribution in [3.63, 3.8) is 0 Å². The van der Waals surface area contributed by atoms with Crippen LogP contribution in [0.5, 0.6) is 5.75 Å². The molecule has 1 heterocycles. The van der Waals surface area contributed by atoms with Gasteiger partial charge < -0.3 is 21.1 Å². The van der Waals surface area contributed by atoms with E-state index in [4.69, 9.17) is 16.2 Å². The Morgan fingerprint density at radius 1 is 1.33 bits per heavy atom. The van der Waals surface area contributed by atoms with E-state index >= 15 is 0 Å². The Balaban J connectivity index is 2.08. The summed E-state index contributed by atoms with van der Waals surface area (Å²) in [6, 6.07) is 6.28. The third-order valence-electron chi connectivity index (χ3n) is 2.70. The van der Waals surface area contributed by atoms with Gasteiger partial charge >= 0.3 is 6.03 Å². The Morgan fingerprint density at radius 2 is 2.00 bits per heavy atom. The molecule has 2 rings (SSSR count). The molecule has 96 valence electrons. The quantitative estimate of drug-likeness (QED) is 0.471. The lowest BCUT2D eigenvalue weighted by molar-refractivity contribution is 0.0369. The highest BCUT2D eigenvalue weighted by molar-refractivity contribution is 14.1. The van der Waals surface area contributed by atoms with E-state index < -0.39 is 11.9 Å². The van der Waals surface area contributed by atoms with E-state index in [2.05, 4.69) is 22.6 Å². The van der Waals surface area contributed by atoms with Gasteiger partial charge in [-0.15, -0.1) is 0 Å². The first-order chi connectivity index (χ1) is 8.50. The lowest BCUT2D eigenvalue weighted by Gasteiger charge is -2.43. The molecule has 0 saturated carbocycles. The fourth-order valence-electron chi connectivity index (χ4n) is 1.69. The molecule has 1 aromatic rings. The molecule has 0 spiro atoms.